The van der Waals surface area contributed by atoms with Crippen LogP contribution in [0, 0.1) is 19.7 Å². The van der Waals surface area contributed by atoms with Crippen LogP contribution in [0.1, 0.15) is 33.5 Å². The molecule has 1 amide bonds. The van der Waals surface area contributed by atoms with Gasteiger partial charge in [-0.2, -0.15) is 0 Å². The summed E-state index contributed by atoms with van der Waals surface area (Å²) in [7, 11) is 0. The highest BCUT2D eigenvalue weighted by atomic mass is 19.1. The summed E-state index contributed by atoms with van der Waals surface area (Å²) < 4.78 is 18.8. The van der Waals surface area contributed by atoms with E-state index < -0.39 is 12.6 Å². The van der Waals surface area contributed by atoms with Gasteiger partial charge in [-0.15, -0.1) is 0 Å². The molecule has 1 aliphatic rings. The third kappa shape index (κ3) is 3.54. The summed E-state index contributed by atoms with van der Waals surface area (Å²) in [6, 6.07) is 7.89. The fourth-order valence-electron chi connectivity index (χ4n) is 3.37. The number of amides is 1. The molecule has 0 aromatic heterocycles. The minimum Gasteiger partial charge on any atom is -0.481 e. The first-order chi connectivity index (χ1) is 12.4. The largest absolute Gasteiger partial charge is 0.481 e. The second-order valence-electron chi connectivity index (χ2n) is 6.45. The maximum absolute atomic E-state index is 13.5. The van der Waals surface area contributed by atoms with E-state index in [1.165, 1.54) is 12.1 Å². The van der Waals surface area contributed by atoms with Gasteiger partial charge >= 0.3 is 5.97 Å². The number of carboxylic acid groups (broad SMARTS) is 1. The van der Waals surface area contributed by atoms with Crippen LogP contribution in [0.2, 0.25) is 0 Å². The van der Waals surface area contributed by atoms with Crippen LogP contribution in [0.5, 0.6) is 5.75 Å². The molecule has 1 N–H and O–H groups in total. The Labute approximate surface area is 151 Å². The van der Waals surface area contributed by atoms with Crippen molar-refractivity contribution in [2.24, 2.45) is 0 Å². The number of rotatable bonds is 4. The van der Waals surface area contributed by atoms with Crippen LogP contribution in [0.4, 0.5) is 10.1 Å². The third-order valence-corrected chi connectivity index (χ3v) is 4.45. The molecular formula is C20H20FNO4. The summed E-state index contributed by atoms with van der Waals surface area (Å²) in [6.45, 7) is 3.70. The normalized spacial score (nSPS) is 13.3. The monoisotopic (exact) mass is 357 g/mol. The Morgan fingerprint density at radius 2 is 1.88 bits per heavy atom. The lowest BCUT2D eigenvalue weighted by Crippen LogP contribution is -2.35. The van der Waals surface area contributed by atoms with E-state index in [1.807, 2.05) is 0 Å². The van der Waals surface area contributed by atoms with Crippen molar-refractivity contribution in [3.63, 3.8) is 0 Å². The predicted octanol–water partition coefficient (Wildman–Crippen LogP) is 3.50. The van der Waals surface area contributed by atoms with Crippen molar-refractivity contribution in [3.8, 4) is 5.75 Å². The van der Waals surface area contributed by atoms with Crippen LogP contribution in [-0.4, -0.2) is 30.1 Å². The Bertz CT molecular complexity index is 855. The average molecular weight is 357 g/mol. The number of aryl methyl sites for hydroxylation is 3. The summed E-state index contributed by atoms with van der Waals surface area (Å²) in [6.07, 6.45) is 1.52. The van der Waals surface area contributed by atoms with Crippen molar-refractivity contribution < 1.29 is 23.8 Å². The summed E-state index contributed by atoms with van der Waals surface area (Å²) in [5, 5.41) is 8.77. The molecule has 2 aromatic carbocycles. The molecule has 26 heavy (non-hydrogen) atoms. The molecule has 3 rings (SSSR count). The molecule has 0 unspecified atom stereocenters. The van der Waals surface area contributed by atoms with Gasteiger partial charge in [0.15, 0.2) is 6.61 Å². The van der Waals surface area contributed by atoms with Gasteiger partial charge in [0.05, 0.1) is 0 Å². The number of benzene rings is 2. The zero-order valence-electron chi connectivity index (χ0n) is 14.7. The van der Waals surface area contributed by atoms with Crippen molar-refractivity contribution in [2.75, 3.05) is 18.1 Å². The number of ether oxygens (including phenoxy) is 1. The van der Waals surface area contributed by atoms with Crippen LogP contribution >= 0.6 is 0 Å². The Balaban J connectivity index is 1.91. The smallest absolute Gasteiger partial charge is 0.341 e. The molecule has 1 heterocycles. The molecule has 0 saturated heterocycles. The van der Waals surface area contributed by atoms with E-state index in [2.05, 4.69) is 0 Å². The van der Waals surface area contributed by atoms with E-state index in [9.17, 15) is 14.0 Å². The first kappa shape index (κ1) is 17.9. The van der Waals surface area contributed by atoms with Gasteiger partial charge in [-0.25, -0.2) is 9.18 Å². The van der Waals surface area contributed by atoms with E-state index in [0.29, 0.717) is 29.0 Å². The number of nitrogens with zero attached hydrogens (tertiary/aromatic N) is 1. The second kappa shape index (κ2) is 7.15. The number of anilines is 1. The predicted molar refractivity (Wildman–Crippen MR) is 95.4 cm³/mol. The number of hydrogen-bond donors (Lipinski definition) is 1. The van der Waals surface area contributed by atoms with Crippen molar-refractivity contribution in [3.05, 3.63) is 58.4 Å². The van der Waals surface area contributed by atoms with Gasteiger partial charge in [-0.3, -0.25) is 4.79 Å². The second-order valence-corrected chi connectivity index (χ2v) is 6.45. The molecule has 1 aliphatic heterocycles. The molecule has 0 aliphatic carbocycles. The van der Waals surface area contributed by atoms with E-state index in [4.69, 9.17) is 9.84 Å². The molecule has 0 saturated carbocycles. The third-order valence-electron chi connectivity index (χ3n) is 4.45. The maximum Gasteiger partial charge on any atom is 0.341 e. The van der Waals surface area contributed by atoms with E-state index in [-0.39, 0.29) is 11.7 Å². The molecule has 0 spiro atoms. The molecule has 136 valence electrons. The van der Waals surface area contributed by atoms with Gasteiger partial charge in [0.1, 0.15) is 11.6 Å². The summed E-state index contributed by atoms with van der Waals surface area (Å²) in [5.41, 5.74) is 3.47. The van der Waals surface area contributed by atoms with Crippen LogP contribution < -0.4 is 9.64 Å². The highest BCUT2D eigenvalue weighted by Crippen LogP contribution is 2.31. The molecule has 2 aromatic rings. The lowest BCUT2D eigenvalue weighted by atomic mass is 9.99. The van der Waals surface area contributed by atoms with E-state index in [0.717, 1.165) is 24.1 Å². The maximum atomic E-state index is 13.5. The number of halogens is 1. The number of aliphatic carboxylic acids is 1. The van der Waals surface area contributed by atoms with Gasteiger partial charge < -0.3 is 14.7 Å². The topological polar surface area (TPSA) is 66.8 Å². The summed E-state index contributed by atoms with van der Waals surface area (Å²) in [4.78, 5) is 25.4. The Morgan fingerprint density at radius 1 is 1.19 bits per heavy atom. The van der Waals surface area contributed by atoms with Crippen LogP contribution in [0.15, 0.2) is 30.3 Å². The van der Waals surface area contributed by atoms with Crippen molar-refractivity contribution in [2.45, 2.75) is 26.7 Å². The molecule has 0 fully saturated rings. The van der Waals surface area contributed by atoms with Crippen LogP contribution in [0.25, 0.3) is 0 Å². The van der Waals surface area contributed by atoms with Gasteiger partial charge in [-0.1, -0.05) is 0 Å². The number of carbonyl (C=O) groups is 2. The minimum absolute atomic E-state index is 0.159. The molecule has 5 nitrogen and oxygen atoms in total. The van der Waals surface area contributed by atoms with Crippen molar-refractivity contribution in [1.29, 1.82) is 0 Å². The number of carbonyl (C=O) groups excluding carboxylic acids is 1. The molecule has 0 atom stereocenters. The fraction of sp³-hybridized carbons (Fsp3) is 0.300. The van der Waals surface area contributed by atoms with Crippen LogP contribution in [0.3, 0.4) is 0 Å². The van der Waals surface area contributed by atoms with Crippen molar-refractivity contribution in [1.82, 2.24) is 0 Å². The lowest BCUT2D eigenvalue weighted by molar-refractivity contribution is -0.139. The van der Waals surface area contributed by atoms with Crippen LogP contribution in [-0.2, 0) is 11.2 Å². The fourth-order valence-corrected chi connectivity index (χ4v) is 3.37. The number of carboxylic acids is 1. The highest BCUT2D eigenvalue weighted by Gasteiger charge is 2.25. The Hall–Kier alpha value is -2.89. The van der Waals surface area contributed by atoms with E-state index >= 15 is 0 Å². The SMILES string of the molecule is Cc1cc(C(=O)N2CCCc3cc(F)ccc32)cc(C)c1OCC(=O)O. The van der Waals surface area contributed by atoms with Gasteiger partial charge in [0, 0.05) is 17.8 Å². The summed E-state index contributed by atoms with van der Waals surface area (Å²) >= 11 is 0. The Kier molecular flexibility index (Phi) is 4.93. The minimum atomic E-state index is -1.05. The van der Waals surface area contributed by atoms with E-state index in [1.54, 1.807) is 36.9 Å². The zero-order chi connectivity index (χ0) is 18.8. The molecule has 6 heteroatoms. The zero-order valence-corrected chi connectivity index (χ0v) is 14.7. The molecular weight excluding hydrogens is 337 g/mol. The lowest BCUT2D eigenvalue weighted by Gasteiger charge is -2.30. The average Bonchev–Trinajstić information content (AvgIpc) is 2.59. The molecule has 0 radical (unpaired) electrons. The quantitative estimate of drug-likeness (QED) is 0.909. The Morgan fingerprint density at radius 3 is 2.54 bits per heavy atom. The highest BCUT2D eigenvalue weighted by molar-refractivity contribution is 6.07. The first-order valence-electron chi connectivity index (χ1n) is 8.43. The number of fused-ring (bicyclic) bond motifs is 1. The van der Waals surface area contributed by atoms with Crippen molar-refractivity contribution >= 4 is 17.6 Å². The summed E-state index contributed by atoms with van der Waals surface area (Å²) in [5.74, 6) is -1.04. The van der Waals surface area contributed by atoms with Gasteiger partial charge in [0.25, 0.3) is 5.91 Å². The standard InChI is InChI=1S/C20H20FNO4/c1-12-8-15(9-13(2)19(12)26-11-18(23)24)20(25)22-7-3-4-14-10-16(21)5-6-17(14)22/h5-6,8-10H,3-4,7,11H2,1-2H3,(H,23,24). The number of hydrogen-bond acceptors (Lipinski definition) is 3. The first-order valence-corrected chi connectivity index (χ1v) is 8.43. The van der Waals surface area contributed by atoms with Gasteiger partial charge in [-0.05, 0) is 73.7 Å². The molecule has 0 bridgehead atoms. The van der Waals surface area contributed by atoms with Gasteiger partial charge in [0.2, 0.25) is 0 Å².